The fraction of sp³-hybridized carbons (Fsp3) is 0.471. The van der Waals surface area contributed by atoms with E-state index < -0.39 is 12.8 Å². The van der Waals surface area contributed by atoms with Crippen molar-refractivity contribution in [3.05, 3.63) is 24.5 Å². The average molecular weight is 347 g/mol. The highest BCUT2D eigenvalue weighted by Gasteiger charge is 2.23. The number of nitrogens with zero attached hydrogens (tertiary/aromatic N) is 2. The molecule has 1 heterocycles. The Morgan fingerprint density at radius 2 is 1.92 bits per heavy atom. The van der Waals surface area contributed by atoms with Gasteiger partial charge in [0.05, 0.1) is 11.2 Å². The van der Waals surface area contributed by atoms with Crippen LogP contribution in [-0.2, 0) is 4.74 Å². The fourth-order valence-corrected chi connectivity index (χ4v) is 3.15. The Morgan fingerprint density at radius 3 is 2.68 bits per heavy atom. The van der Waals surface area contributed by atoms with Crippen LogP contribution < -0.4 is 16.4 Å². The maximum atomic E-state index is 12.0. The van der Waals surface area contributed by atoms with Crippen LogP contribution in [0.25, 0.3) is 11.0 Å². The number of amides is 1. The number of nitrogens with two attached hydrogens (primary N) is 1. The third kappa shape index (κ3) is 4.46. The molecule has 1 saturated carbocycles. The van der Waals surface area contributed by atoms with Gasteiger partial charge in [0.2, 0.25) is 0 Å². The molecule has 0 saturated heterocycles. The molecule has 7 nitrogen and oxygen atoms in total. The number of carbonyl (C=O) groups is 1. The first-order valence-corrected chi connectivity index (χ1v) is 8.41. The van der Waals surface area contributed by atoms with Crippen molar-refractivity contribution in [3.8, 4) is 0 Å². The second-order valence-electron chi connectivity index (χ2n) is 6.15. The number of halogens is 1. The first kappa shape index (κ1) is 17.2. The standard InChI is InChI=1S/C17H22FN5O2/c18-5-8-25-17(24)23-13-3-1-12(2-4-13)22-15-10-11(19)9-14-16(15)21-7-6-20-14/h6-7,9-10,12-13,22H,1-5,8,19H2,(H,23,24). The first-order chi connectivity index (χ1) is 12.2. The number of aromatic nitrogens is 2. The number of rotatable bonds is 5. The number of nitrogens with one attached hydrogen (secondary N) is 2. The molecule has 0 bridgehead atoms. The summed E-state index contributed by atoms with van der Waals surface area (Å²) in [5.74, 6) is 0. The molecule has 1 aromatic carbocycles. The van der Waals surface area contributed by atoms with Gasteiger partial charge in [0.15, 0.2) is 0 Å². The lowest BCUT2D eigenvalue weighted by Gasteiger charge is -2.30. The molecule has 4 N–H and O–H groups in total. The van der Waals surface area contributed by atoms with E-state index in [4.69, 9.17) is 10.5 Å². The number of anilines is 2. The molecular weight excluding hydrogens is 325 g/mol. The van der Waals surface area contributed by atoms with Crippen LogP contribution in [0.2, 0.25) is 0 Å². The molecule has 0 spiro atoms. The summed E-state index contributed by atoms with van der Waals surface area (Å²) in [6.45, 7) is -0.868. The van der Waals surface area contributed by atoms with Gasteiger partial charge in [-0.05, 0) is 37.8 Å². The zero-order chi connectivity index (χ0) is 17.6. The van der Waals surface area contributed by atoms with Gasteiger partial charge in [-0.25, -0.2) is 9.18 Å². The van der Waals surface area contributed by atoms with E-state index in [1.807, 2.05) is 6.07 Å². The van der Waals surface area contributed by atoms with Crippen molar-refractivity contribution >= 4 is 28.5 Å². The largest absolute Gasteiger partial charge is 0.447 e. The first-order valence-electron chi connectivity index (χ1n) is 8.41. The molecule has 1 aromatic heterocycles. The molecule has 0 atom stereocenters. The van der Waals surface area contributed by atoms with E-state index in [9.17, 15) is 9.18 Å². The van der Waals surface area contributed by atoms with Gasteiger partial charge in [0.25, 0.3) is 0 Å². The molecule has 25 heavy (non-hydrogen) atoms. The molecule has 1 fully saturated rings. The molecule has 2 aromatic rings. The summed E-state index contributed by atoms with van der Waals surface area (Å²) in [6.07, 6.45) is 6.20. The summed E-state index contributed by atoms with van der Waals surface area (Å²) in [5.41, 5.74) is 9.03. The molecule has 3 rings (SSSR count). The van der Waals surface area contributed by atoms with Gasteiger partial charge < -0.3 is 21.1 Å². The van der Waals surface area contributed by atoms with Crippen molar-refractivity contribution in [1.29, 1.82) is 0 Å². The molecule has 0 radical (unpaired) electrons. The van der Waals surface area contributed by atoms with Crippen LogP contribution in [-0.4, -0.2) is 41.4 Å². The lowest BCUT2D eigenvalue weighted by molar-refractivity contribution is 0.131. The normalized spacial score (nSPS) is 20.2. The highest BCUT2D eigenvalue weighted by molar-refractivity contribution is 5.90. The van der Waals surface area contributed by atoms with E-state index in [0.29, 0.717) is 5.69 Å². The number of hydrogen-bond acceptors (Lipinski definition) is 6. The minimum Gasteiger partial charge on any atom is -0.447 e. The van der Waals surface area contributed by atoms with Gasteiger partial charge in [-0.1, -0.05) is 0 Å². The monoisotopic (exact) mass is 347 g/mol. The molecule has 134 valence electrons. The number of alkyl halides is 1. The van der Waals surface area contributed by atoms with E-state index in [2.05, 4.69) is 20.6 Å². The topological polar surface area (TPSA) is 102 Å². The Morgan fingerprint density at radius 1 is 1.20 bits per heavy atom. The highest BCUT2D eigenvalue weighted by atomic mass is 19.1. The van der Waals surface area contributed by atoms with Gasteiger partial charge in [-0.3, -0.25) is 9.97 Å². The minimum atomic E-state index is -0.666. The Balaban J connectivity index is 1.57. The third-order valence-corrected chi connectivity index (χ3v) is 4.32. The van der Waals surface area contributed by atoms with Gasteiger partial charge in [-0.15, -0.1) is 0 Å². The SMILES string of the molecule is Nc1cc(NC2CCC(NC(=O)OCCF)CC2)c2nccnc2c1. The maximum Gasteiger partial charge on any atom is 0.407 e. The Kier molecular flexibility index (Phi) is 5.47. The lowest BCUT2D eigenvalue weighted by Crippen LogP contribution is -2.40. The van der Waals surface area contributed by atoms with Crippen LogP contribution in [0.1, 0.15) is 25.7 Å². The van der Waals surface area contributed by atoms with E-state index >= 15 is 0 Å². The number of benzene rings is 1. The van der Waals surface area contributed by atoms with E-state index in [-0.39, 0.29) is 18.7 Å². The van der Waals surface area contributed by atoms with Crippen molar-refractivity contribution in [1.82, 2.24) is 15.3 Å². The van der Waals surface area contributed by atoms with Crippen LogP contribution in [0.4, 0.5) is 20.6 Å². The molecular formula is C17H22FN5O2. The van der Waals surface area contributed by atoms with Gasteiger partial charge in [0, 0.05) is 30.2 Å². The number of ether oxygens (including phenoxy) is 1. The molecule has 8 heteroatoms. The number of fused-ring (bicyclic) bond motifs is 1. The zero-order valence-corrected chi connectivity index (χ0v) is 13.9. The van der Waals surface area contributed by atoms with Crippen LogP contribution >= 0.6 is 0 Å². The lowest BCUT2D eigenvalue weighted by atomic mass is 9.91. The number of carbonyl (C=O) groups excluding carboxylic acids is 1. The van der Waals surface area contributed by atoms with Crippen molar-refractivity contribution in [2.45, 2.75) is 37.8 Å². The van der Waals surface area contributed by atoms with E-state index in [1.54, 1.807) is 18.5 Å². The van der Waals surface area contributed by atoms with Crippen LogP contribution in [0.15, 0.2) is 24.5 Å². The Hall–Kier alpha value is -2.64. The number of hydrogen-bond donors (Lipinski definition) is 3. The molecule has 1 aliphatic rings. The zero-order valence-electron chi connectivity index (χ0n) is 13.9. The van der Waals surface area contributed by atoms with E-state index in [0.717, 1.165) is 42.4 Å². The van der Waals surface area contributed by atoms with Crippen molar-refractivity contribution < 1.29 is 13.9 Å². The summed E-state index contributed by atoms with van der Waals surface area (Å²) in [5, 5.41) is 6.28. The summed E-state index contributed by atoms with van der Waals surface area (Å²) in [4.78, 5) is 20.2. The number of nitrogen functional groups attached to an aromatic ring is 1. The van der Waals surface area contributed by atoms with Crippen molar-refractivity contribution in [3.63, 3.8) is 0 Å². The maximum absolute atomic E-state index is 12.0. The molecule has 0 unspecified atom stereocenters. The third-order valence-electron chi connectivity index (χ3n) is 4.32. The summed E-state index contributed by atoms with van der Waals surface area (Å²) in [7, 11) is 0. The smallest absolute Gasteiger partial charge is 0.407 e. The highest BCUT2D eigenvalue weighted by Crippen LogP contribution is 2.28. The minimum absolute atomic E-state index is 0.0579. The fourth-order valence-electron chi connectivity index (χ4n) is 3.15. The summed E-state index contributed by atoms with van der Waals surface area (Å²) in [6, 6.07) is 4.00. The molecule has 0 aliphatic heterocycles. The van der Waals surface area contributed by atoms with Crippen molar-refractivity contribution in [2.24, 2.45) is 0 Å². The predicted octanol–water partition coefficient (Wildman–Crippen LogP) is 2.63. The van der Waals surface area contributed by atoms with Crippen molar-refractivity contribution in [2.75, 3.05) is 24.3 Å². The quantitative estimate of drug-likeness (QED) is 0.719. The Bertz CT molecular complexity index is 734. The Labute approximate surface area is 145 Å². The predicted molar refractivity (Wildman–Crippen MR) is 94.1 cm³/mol. The molecule has 1 amide bonds. The average Bonchev–Trinajstić information content (AvgIpc) is 2.61. The molecule has 1 aliphatic carbocycles. The van der Waals surface area contributed by atoms with Crippen LogP contribution in [0, 0.1) is 0 Å². The van der Waals surface area contributed by atoms with Gasteiger partial charge >= 0.3 is 6.09 Å². The summed E-state index contributed by atoms with van der Waals surface area (Å²) >= 11 is 0. The summed E-state index contributed by atoms with van der Waals surface area (Å²) < 4.78 is 16.7. The second kappa shape index (κ2) is 7.96. The van der Waals surface area contributed by atoms with Crippen LogP contribution in [0.5, 0.6) is 0 Å². The van der Waals surface area contributed by atoms with Crippen LogP contribution in [0.3, 0.4) is 0 Å². The second-order valence-corrected chi connectivity index (χ2v) is 6.15. The number of alkyl carbamates (subject to hydrolysis) is 1. The van der Waals surface area contributed by atoms with Gasteiger partial charge in [-0.2, -0.15) is 0 Å². The van der Waals surface area contributed by atoms with Gasteiger partial charge in [0.1, 0.15) is 18.8 Å². The van der Waals surface area contributed by atoms with E-state index in [1.165, 1.54) is 0 Å².